The van der Waals surface area contributed by atoms with Crippen LogP contribution in [0.1, 0.15) is 20.3 Å². The Hall–Kier alpha value is -1.71. The number of para-hydroxylation sites is 2. The van der Waals surface area contributed by atoms with E-state index in [0.29, 0.717) is 13.1 Å². The van der Waals surface area contributed by atoms with Gasteiger partial charge in [0.15, 0.2) is 0 Å². The molecule has 1 aromatic rings. The number of amides is 2. The van der Waals surface area contributed by atoms with Crippen LogP contribution in [0.5, 0.6) is 5.75 Å². The van der Waals surface area contributed by atoms with Crippen LogP contribution in [0.3, 0.4) is 0 Å². The lowest BCUT2D eigenvalue weighted by Gasteiger charge is -2.33. The van der Waals surface area contributed by atoms with E-state index in [1.54, 1.807) is 4.90 Å². The van der Waals surface area contributed by atoms with Crippen molar-refractivity contribution in [2.75, 3.05) is 18.0 Å². The number of fused-ring (bicyclic) bond motifs is 1. The average Bonchev–Trinajstić information content (AvgIpc) is 2.34. The van der Waals surface area contributed by atoms with Gasteiger partial charge in [0.25, 0.3) is 0 Å². The molecule has 4 nitrogen and oxygen atoms in total. The Morgan fingerprint density at radius 3 is 3.06 bits per heavy atom. The monoisotopic (exact) mass is 234 g/mol. The molecular formula is C13H18N2O2. The molecule has 2 amide bonds. The molecule has 0 saturated carbocycles. The van der Waals surface area contributed by atoms with Crippen LogP contribution in [-0.2, 0) is 0 Å². The summed E-state index contributed by atoms with van der Waals surface area (Å²) in [4.78, 5) is 13.8. The van der Waals surface area contributed by atoms with Crippen molar-refractivity contribution in [1.82, 2.24) is 5.32 Å². The van der Waals surface area contributed by atoms with Gasteiger partial charge in [-0.05, 0) is 25.5 Å². The molecule has 1 atom stereocenters. The summed E-state index contributed by atoms with van der Waals surface area (Å²) in [6, 6.07) is 7.59. The molecule has 1 heterocycles. The number of rotatable bonds is 2. The third-order valence-corrected chi connectivity index (χ3v) is 2.70. The van der Waals surface area contributed by atoms with Crippen LogP contribution in [0.15, 0.2) is 24.3 Å². The molecule has 0 saturated heterocycles. The smallest absolute Gasteiger partial charge is 0.322 e. The molecule has 0 spiro atoms. The second kappa shape index (κ2) is 5.08. The van der Waals surface area contributed by atoms with Gasteiger partial charge in [-0.1, -0.05) is 19.1 Å². The van der Waals surface area contributed by atoms with Crippen molar-refractivity contribution in [2.24, 2.45) is 0 Å². The van der Waals surface area contributed by atoms with Gasteiger partial charge >= 0.3 is 6.03 Å². The Bertz CT molecular complexity index is 406. The Labute approximate surface area is 102 Å². The minimum atomic E-state index is -0.0468. The number of carbonyl (C=O) groups is 1. The second-order valence-electron chi connectivity index (χ2n) is 4.24. The summed E-state index contributed by atoms with van der Waals surface area (Å²) in [7, 11) is 0. The fourth-order valence-electron chi connectivity index (χ4n) is 1.91. The fraction of sp³-hybridized carbons (Fsp3) is 0.462. The number of hydrogen-bond acceptors (Lipinski definition) is 2. The summed E-state index contributed by atoms with van der Waals surface area (Å²) in [5.74, 6) is 0.776. The number of hydrogen-bond donors (Lipinski definition) is 1. The molecule has 2 rings (SSSR count). The molecule has 1 aromatic carbocycles. The first kappa shape index (κ1) is 11.8. The van der Waals surface area contributed by atoms with Crippen LogP contribution in [0.25, 0.3) is 0 Å². The molecule has 17 heavy (non-hydrogen) atoms. The highest BCUT2D eigenvalue weighted by Crippen LogP contribution is 2.32. The third-order valence-electron chi connectivity index (χ3n) is 2.70. The van der Waals surface area contributed by atoms with Gasteiger partial charge in [0.05, 0.1) is 12.2 Å². The van der Waals surface area contributed by atoms with Crippen LogP contribution in [0, 0.1) is 0 Å². The summed E-state index contributed by atoms with van der Waals surface area (Å²) < 4.78 is 5.69. The van der Waals surface area contributed by atoms with E-state index >= 15 is 0 Å². The topological polar surface area (TPSA) is 41.6 Å². The minimum Gasteiger partial charge on any atom is -0.487 e. The van der Waals surface area contributed by atoms with Gasteiger partial charge in [-0.15, -0.1) is 0 Å². The molecule has 0 aliphatic carbocycles. The van der Waals surface area contributed by atoms with E-state index in [2.05, 4.69) is 5.32 Å². The molecule has 0 bridgehead atoms. The van der Waals surface area contributed by atoms with Gasteiger partial charge in [-0.2, -0.15) is 0 Å². The zero-order valence-corrected chi connectivity index (χ0v) is 10.3. The zero-order valence-electron chi connectivity index (χ0n) is 10.3. The van der Waals surface area contributed by atoms with Crippen LogP contribution in [0.4, 0.5) is 10.5 Å². The number of anilines is 1. The van der Waals surface area contributed by atoms with Crippen LogP contribution < -0.4 is 15.0 Å². The van der Waals surface area contributed by atoms with Gasteiger partial charge in [-0.3, -0.25) is 4.90 Å². The lowest BCUT2D eigenvalue weighted by molar-refractivity contribution is 0.205. The van der Waals surface area contributed by atoms with Crippen molar-refractivity contribution >= 4 is 11.7 Å². The van der Waals surface area contributed by atoms with E-state index in [1.807, 2.05) is 38.1 Å². The molecule has 0 aromatic heterocycles. The maximum Gasteiger partial charge on any atom is 0.322 e. The normalized spacial score (nSPS) is 18.2. The Morgan fingerprint density at radius 1 is 1.53 bits per heavy atom. The number of carbonyl (C=O) groups excluding carboxylic acids is 1. The highest BCUT2D eigenvalue weighted by molar-refractivity contribution is 5.94. The van der Waals surface area contributed by atoms with Crippen LogP contribution in [-0.4, -0.2) is 25.2 Å². The predicted octanol–water partition coefficient (Wildman–Crippen LogP) is 2.39. The number of nitrogens with one attached hydrogen (secondary N) is 1. The SMILES string of the molecule is CCCNC(=O)N1CC(C)Oc2ccccc21. The highest BCUT2D eigenvalue weighted by Gasteiger charge is 2.26. The van der Waals surface area contributed by atoms with E-state index < -0.39 is 0 Å². The zero-order chi connectivity index (χ0) is 12.3. The Kier molecular flexibility index (Phi) is 3.52. The van der Waals surface area contributed by atoms with Gasteiger partial charge in [0, 0.05) is 6.54 Å². The second-order valence-corrected chi connectivity index (χ2v) is 4.24. The molecule has 1 aliphatic rings. The quantitative estimate of drug-likeness (QED) is 0.853. The van der Waals surface area contributed by atoms with Crippen molar-refractivity contribution < 1.29 is 9.53 Å². The molecule has 92 valence electrons. The van der Waals surface area contributed by atoms with Crippen molar-refractivity contribution in [3.8, 4) is 5.75 Å². The largest absolute Gasteiger partial charge is 0.487 e. The van der Waals surface area contributed by atoms with Crippen LogP contribution >= 0.6 is 0 Å². The number of nitrogens with zero attached hydrogens (tertiary/aromatic N) is 1. The van der Waals surface area contributed by atoms with Crippen molar-refractivity contribution in [3.63, 3.8) is 0 Å². The number of benzene rings is 1. The van der Waals surface area contributed by atoms with Gasteiger partial charge in [0.1, 0.15) is 11.9 Å². The third kappa shape index (κ3) is 2.52. The van der Waals surface area contributed by atoms with Crippen molar-refractivity contribution in [3.05, 3.63) is 24.3 Å². The highest BCUT2D eigenvalue weighted by atomic mass is 16.5. The van der Waals surface area contributed by atoms with E-state index in [1.165, 1.54) is 0 Å². The Balaban J connectivity index is 2.20. The molecule has 1 unspecified atom stereocenters. The maximum atomic E-state index is 12.0. The van der Waals surface area contributed by atoms with Gasteiger partial charge < -0.3 is 10.1 Å². The summed E-state index contributed by atoms with van der Waals surface area (Å²) >= 11 is 0. The van der Waals surface area contributed by atoms with Crippen molar-refractivity contribution in [2.45, 2.75) is 26.4 Å². The fourth-order valence-corrected chi connectivity index (χ4v) is 1.91. The maximum absolute atomic E-state index is 12.0. The first-order valence-corrected chi connectivity index (χ1v) is 6.03. The molecule has 0 fully saturated rings. The number of urea groups is 1. The summed E-state index contributed by atoms with van der Waals surface area (Å²) in [5, 5.41) is 2.89. The minimum absolute atomic E-state index is 0.0253. The van der Waals surface area contributed by atoms with E-state index in [4.69, 9.17) is 4.74 Å². The lowest BCUT2D eigenvalue weighted by Crippen LogP contribution is -2.47. The molecular weight excluding hydrogens is 216 g/mol. The van der Waals surface area contributed by atoms with Crippen molar-refractivity contribution in [1.29, 1.82) is 0 Å². The predicted molar refractivity (Wildman–Crippen MR) is 67.6 cm³/mol. The summed E-state index contributed by atoms with van der Waals surface area (Å²) in [6.07, 6.45) is 0.963. The molecule has 1 aliphatic heterocycles. The van der Waals surface area contributed by atoms with E-state index in [9.17, 15) is 4.79 Å². The summed E-state index contributed by atoms with van der Waals surface area (Å²) in [6.45, 7) is 5.30. The first-order chi connectivity index (χ1) is 8.22. The van der Waals surface area contributed by atoms with Gasteiger partial charge in [0.2, 0.25) is 0 Å². The van der Waals surface area contributed by atoms with Gasteiger partial charge in [-0.25, -0.2) is 4.79 Å². The first-order valence-electron chi connectivity index (χ1n) is 6.03. The molecule has 0 radical (unpaired) electrons. The standard InChI is InChI=1S/C13H18N2O2/c1-3-8-14-13(16)15-9-10(2)17-12-7-5-4-6-11(12)15/h4-7,10H,3,8-9H2,1-2H3,(H,14,16). The van der Waals surface area contributed by atoms with Crippen LogP contribution in [0.2, 0.25) is 0 Å². The Morgan fingerprint density at radius 2 is 2.29 bits per heavy atom. The van der Waals surface area contributed by atoms with E-state index in [-0.39, 0.29) is 12.1 Å². The average molecular weight is 234 g/mol. The lowest BCUT2D eigenvalue weighted by atomic mass is 10.2. The van der Waals surface area contributed by atoms with E-state index in [0.717, 1.165) is 17.9 Å². The number of ether oxygens (including phenoxy) is 1. The summed E-state index contributed by atoms with van der Waals surface area (Å²) in [5.41, 5.74) is 0.846. The molecule has 1 N–H and O–H groups in total. The molecule has 4 heteroatoms.